The van der Waals surface area contributed by atoms with Crippen LogP contribution in [0.15, 0.2) is 78.1 Å². The Labute approximate surface area is 199 Å². The molecule has 2 aromatic heterocycles. The van der Waals surface area contributed by atoms with Crippen LogP contribution in [0.2, 0.25) is 10.0 Å². The van der Waals surface area contributed by atoms with E-state index in [2.05, 4.69) is 10.1 Å². The summed E-state index contributed by atoms with van der Waals surface area (Å²) in [6, 6.07) is 13.0. The average molecular weight is 503 g/mol. The van der Waals surface area contributed by atoms with Crippen molar-refractivity contribution in [1.29, 1.82) is 0 Å². The Hall–Kier alpha value is -3.40. The van der Waals surface area contributed by atoms with Crippen molar-refractivity contribution in [3.05, 3.63) is 83.2 Å². The maximum atomic E-state index is 12.8. The highest BCUT2D eigenvalue weighted by atomic mass is 35.5. The Bertz CT molecular complexity index is 1420. The lowest BCUT2D eigenvalue weighted by atomic mass is 10.0. The SMILES string of the molecule is COc1cc(-c2nn(C(=O)NS(=O)(=O)c3ccc(Cl)cc3)cc2-c2ccncc2)ccc1Cl. The third-order valence-electron chi connectivity index (χ3n) is 4.68. The van der Waals surface area contributed by atoms with Crippen LogP contribution in [0.4, 0.5) is 4.79 Å². The molecule has 0 atom stereocenters. The highest BCUT2D eigenvalue weighted by Gasteiger charge is 2.22. The summed E-state index contributed by atoms with van der Waals surface area (Å²) in [4.78, 5) is 16.7. The summed E-state index contributed by atoms with van der Waals surface area (Å²) in [5.41, 5.74) is 2.36. The van der Waals surface area contributed by atoms with Crippen LogP contribution in [0, 0.1) is 0 Å². The van der Waals surface area contributed by atoms with Gasteiger partial charge in [0.05, 0.1) is 17.0 Å². The van der Waals surface area contributed by atoms with E-state index in [0.717, 1.165) is 10.2 Å². The Morgan fingerprint density at radius 1 is 1.00 bits per heavy atom. The highest BCUT2D eigenvalue weighted by Crippen LogP contribution is 2.35. The quantitative estimate of drug-likeness (QED) is 0.417. The zero-order chi connectivity index (χ0) is 23.6. The van der Waals surface area contributed by atoms with E-state index in [4.69, 9.17) is 27.9 Å². The van der Waals surface area contributed by atoms with Gasteiger partial charge >= 0.3 is 6.03 Å². The molecule has 0 saturated carbocycles. The number of hydrogen-bond donors (Lipinski definition) is 1. The van der Waals surface area contributed by atoms with Gasteiger partial charge in [0.15, 0.2) is 0 Å². The summed E-state index contributed by atoms with van der Waals surface area (Å²) in [7, 11) is -2.65. The molecule has 4 aromatic rings. The number of methoxy groups -OCH3 is 1. The lowest BCUT2D eigenvalue weighted by Gasteiger charge is -2.07. The lowest BCUT2D eigenvalue weighted by molar-refractivity contribution is 0.244. The fourth-order valence-corrected chi connectivity index (χ4v) is 4.33. The second-order valence-corrected chi connectivity index (χ2v) is 9.31. The number of pyridine rings is 1. The Kier molecular flexibility index (Phi) is 6.37. The molecule has 0 aliphatic rings. The van der Waals surface area contributed by atoms with E-state index in [1.165, 1.54) is 37.6 Å². The van der Waals surface area contributed by atoms with Crippen LogP contribution in [0.5, 0.6) is 5.75 Å². The number of carbonyl (C=O) groups is 1. The first-order chi connectivity index (χ1) is 15.8. The Morgan fingerprint density at radius 3 is 2.36 bits per heavy atom. The molecule has 2 aromatic carbocycles. The topological polar surface area (TPSA) is 103 Å². The molecule has 1 N–H and O–H groups in total. The summed E-state index contributed by atoms with van der Waals surface area (Å²) < 4.78 is 33.5. The Morgan fingerprint density at radius 2 is 1.70 bits per heavy atom. The normalized spacial score (nSPS) is 11.2. The van der Waals surface area contributed by atoms with Crippen LogP contribution in [0.25, 0.3) is 22.4 Å². The van der Waals surface area contributed by atoms with Gasteiger partial charge in [0, 0.05) is 34.7 Å². The number of halogens is 2. The first kappa shape index (κ1) is 22.8. The van der Waals surface area contributed by atoms with E-state index in [0.29, 0.717) is 32.6 Å². The second kappa shape index (κ2) is 9.22. The monoisotopic (exact) mass is 502 g/mol. The number of rotatable bonds is 5. The zero-order valence-electron chi connectivity index (χ0n) is 17.1. The molecule has 1 amide bonds. The molecule has 0 aliphatic carbocycles. The van der Waals surface area contributed by atoms with Crippen molar-refractivity contribution >= 4 is 39.3 Å². The molecular weight excluding hydrogens is 487 g/mol. The molecule has 33 heavy (non-hydrogen) atoms. The number of nitrogens with zero attached hydrogens (tertiary/aromatic N) is 3. The van der Waals surface area contributed by atoms with Crippen molar-refractivity contribution in [3.63, 3.8) is 0 Å². The number of ether oxygens (including phenoxy) is 1. The number of hydrogen-bond acceptors (Lipinski definition) is 6. The van der Waals surface area contributed by atoms with Gasteiger partial charge in [-0.25, -0.2) is 17.9 Å². The second-order valence-electron chi connectivity index (χ2n) is 6.79. The molecule has 8 nitrogen and oxygen atoms in total. The van der Waals surface area contributed by atoms with Gasteiger partial charge in [-0.2, -0.15) is 9.78 Å². The fraction of sp³-hybridized carbons (Fsp3) is 0.0455. The van der Waals surface area contributed by atoms with Crippen LogP contribution in [0.1, 0.15) is 0 Å². The molecular formula is C22H16Cl2N4O4S. The average Bonchev–Trinajstić information content (AvgIpc) is 3.26. The van der Waals surface area contributed by atoms with Crippen LogP contribution in [-0.4, -0.2) is 36.3 Å². The largest absolute Gasteiger partial charge is 0.495 e. The summed E-state index contributed by atoms with van der Waals surface area (Å²) in [6.07, 6.45) is 4.65. The van der Waals surface area contributed by atoms with Crippen molar-refractivity contribution in [1.82, 2.24) is 19.5 Å². The van der Waals surface area contributed by atoms with E-state index < -0.39 is 16.1 Å². The molecule has 4 rings (SSSR count). The van der Waals surface area contributed by atoms with E-state index in [1.54, 1.807) is 42.7 Å². The number of benzene rings is 2. The minimum atomic E-state index is -4.14. The zero-order valence-corrected chi connectivity index (χ0v) is 19.4. The third-order valence-corrected chi connectivity index (χ3v) is 6.58. The molecule has 0 fully saturated rings. The summed E-state index contributed by atoms with van der Waals surface area (Å²) in [5.74, 6) is 0.430. The van der Waals surface area contributed by atoms with Crippen LogP contribution >= 0.6 is 23.2 Å². The fourth-order valence-electron chi connectivity index (χ4n) is 3.08. The van der Waals surface area contributed by atoms with Gasteiger partial charge in [0.2, 0.25) is 0 Å². The van der Waals surface area contributed by atoms with E-state index in [9.17, 15) is 13.2 Å². The lowest BCUT2D eigenvalue weighted by Crippen LogP contribution is -2.34. The smallest absolute Gasteiger partial charge is 0.355 e. The standard InChI is InChI=1S/C22H16Cl2N4O4S/c1-32-20-12-15(2-7-19(20)24)21-18(14-8-10-25-11-9-14)13-28(26-21)22(29)27-33(30,31)17-5-3-16(23)4-6-17/h2-13H,1H3,(H,27,29). The van der Waals surface area contributed by atoms with Gasteiger partial charge in [-0.05, 0) is 54.1 Å². The van der Waals surface area contributed by atoms with Gasteiger partial charge in [-0.15, -0.1) is 0 Å². The molecule has 0 saturated heterocycles. The minimum Gasteiger partial charge on any atom is -0.495 e. The maximum Gasteiger partial charge on any atom is 0.355 e. The van der Waals surface area contributed by atoms with Gasteiger partial charge in [-0.1, -0.05) is 29.3 Å². The van der Waals surface area contributed by atoms with E-state index >= 15 is 0 Å². The van der Waals surface area contributed by atoms with Crippen molar-refractivity contribution in [3.8, 4) is 28.1 Å². The van der Waals surface area contributed by atoms with Gasteiger partial charge in [-0.3, -0.25) is 4.98 Å². The van der Waals surface area contributed by atoms with Crippen LogP contribution in [-0.2, 0) is 10.0 Å². The molecule has 11 heteroatoms. The molecule has 0 bridgehead atoms. The molecule has 2 heterocycles. The number of carbonyl (C=O) groups excluding carboxylic acids is 1. The van der Waals surface area contributed by atoms with Gasteiger partial charge in [0.25, 0.3) is 10.0 Å². The number of nitrogens with one attached hydrogen (secondary N) is 1. The number of amides is 1. The van der Waals surface area contributed by atoms with Crippen LogP contribution in [0.3, 0.4) is 0 Å². The van der Waals surface area contributed by atoms with Crippen molar-refractivity contribution in [2.45, 2.75) is 4.90 Å². The van der Waals surface area contributed by atoms with Crippen LogP contribution < -0.4 is 9.46 Å². The van der Waals surface area contributed by atoms with Gasteiger partial charge in [0.1, 0.15) is 11.4 Å². The summed E-state index contributed by atoms with van der Waals surface area (Å²) in [5, 5.41) is 5.14. The number of aromatic nitrogens is 3. The summed E-state index contributed by atoms with van der Waals surface area (Å²) >= 11 is 12.0. The van der Waals surface area contributed by atoms with E-state index in [-0.39, 0.29) is 4.90 Å². The van der Waals surface area contributed by atoms with Crippen molar-refractivity contribution < 1.29 is 17.9 Å². The Balaban J connectivity index is 1.75. The van der Waals surface area contributed by atoms with Crippen molar-refractivity contribution in [2.24, 2.45) is 0 Å². The molecule has 168 valence electrons. The molecule has 0 radical (unpaired) electrons. The predicted octanol–water partition coefficient (Wildman–Crippen LogP) is 4.87. The molecule has 0 spiro atoms. The predicted molar refractivity (Wildman–Crippen MR) is 125 cm³/mol. The third kappa shape index (κ3) is 4.85. The maximum absolute atomic E-state index is 12.8. The first-order valence-corrected chi connectivity index (χ1v) is 11.7. The molecule has 0 aliphatic heterocycles. The van der Waals surface area contributed by atoms with Gasteiger partial charge < -0.3 is 4.74 Å². The minimum absolute atomic E-state index is 0.107. The first-order valence-electron chi connectivity index (χ1n) is 9.45. The summed E-state index contributed by atoms with van der Waals surface area (Å²) in [6.45, 7) is 0. The number of sulfonamides is 1. The highest BCUT2D eigenvalue weighted by molar-refractivity contribution is 7.90. The molecule has 0 unspecified atom stereocenters. The van der Waals surface area contributed by atoms with E-state index in [1.807, 2.05) is 4.72 Å². The van der Waals surface area contributed by atoms with Crippen molar-refractivity contribution in [2.75, 3.05) is 7.11 Å².